The maximum absolute atomic E-state index is 12.5. The lowest BCUT2D eigenvalue weighted by Gasteiger charge is -2.10. The molecule has 0 atom stereocenters. The van der Waals surface area contributed by atoms with Crippen LogP contribution in [0, 0.1) is 0 Å². The highest BCUT2D eigenvalue weighted by atomic mass is 16.3. The van der Waals surface area contributed by atoms with Crippen LogP contribution < -0.4 is 10.9 Å². The molecule has 116 valence electrons. The van der Waals surface area contributed by atoms with Crippen LogP contribution in [-0.4, -0.2) is 23.8 Å². The molecule has 2 heterocycles. The van der Waals surface area contributed by atoms with Gasteiger partial charge < -0.3 is 14.3 Å². The Balaban J connectivity index is 2.12. The van der Waals surface area contributed by atoms with Gasteiger partial charge in [0.2, 0.25) is 0 Å². The lowest BCUT2D eigenvalue weighted by Crippen LogP contribution is -2.32. The summed E-state index contributed by atoms with van der Waals surface area (Å²) in [4.78, 5) is 35.4. The topological polar surface area (TPSA) is 81.3 Å². The zero-order valence-electron chi connectivity index (χ0n) is 12.4. The maximum atomic E-state index is 12.5. The van der Waals surface area contributed by atoms with Gasteiger partial charge in [-0.1, -0.05) is 12.1 Å². The van der Waals surface area contributed by atoms with Crippen molar-refractivity contribution in [2.75, 3.05) is 7.05 Å². The average Bonchev–Trinajstić information content (AvgIpc) is 3.05. The van der Waals surface area contributed by atoms with E-state index in [0.29, 0.717) is 11.9 Å². The molecule has 0 aliphatic carbocycles. The number of rotatable bonds is 4. The van der Waals surface area contributed by atoms with Crippen molar-refractivity contribution in [2.24, 2.45) is 0 Å². The predicted molar refractivity (Wildman–Crippen MR) is 84.8 cm³/mol. The van der Waals surface area contributed by atoms with Crippen molar-refractivity contribution in [1.29, 1.82) is 0 Å². The van der Waals surface area contributed by atoms with Crippen molar-refractivity contribution in [3.05, 3.63) is 69.8 Å². The molecule has 0 unspecified atom stereocenters. The quantitative estimate of drug-likeness (QED) is 0.745. The van der Waals surface area contributed by atoms with E-state index in [0.717, 1.165) is 10.9 Å². The molecular formula is C17H14N2O4. The number of aromatic nitrogens is 1. The van der Waals surface area contributed by atoms with Gasteiger partial charge in [-0.05, 0) is 23.8 Å². The number of carbonyl (C=O) groups excluding carboxylic acids is 2. The molecule has 0 saturated heterocycles. The standard InChI is InChI=1S/C17H14N2O4/c1-18-16(21)14-7-11(10-20)8-19(17(14)22)9-12-3-2-4-15-13(12)5-6-23-15/h2-8,10H,9H2,1H3,(H,18,21). The Morgan fingerprint density at radius 1 is 1.35 bits per heavy atom. The van der Waals surface area contributed by atoms with Crippen LogP contribution >= 0.6 is 0 Å². The first-order valence-electron chi connectivity index (χ1n) is 7.01. The number of hydrogen-bond donors (Lipinski definition) is 1. The second-order valence-corrected chi connectivity index (χ2v) is 5.07. The van der Waals surface area contributed by atoms with Crippen LogP contribution in [0.3, 0.4) is 0 Å². The first kappa shape index (κ1) is 14.8. The number of aldehydes is 1. The van der Waals surface area contributed by atoms with Crippen LogP contribution in [0.4, 0.5) is 0 Å². The lowest BCUT2D eigenvalue weighted by atomic mass is 10.1. The Bertz CT molecular complexity index is 953. The molecule has 0 aliphatic heterocycles. The summed E-state index contributed by atoms with van der Waals surface area (Å²) >= 11 is 0. The normalized spacial score (nSPS) is 10.7. The molecule has 0 radical (unpaired) electrons. The van der Waals surface area contributed by atoms with Gasteiger partial charge in [0.1, 0.15) is 11.1 Å². The van der Waals surface area contributed by atoms with Crippen LogP contribution in [0.15, 0.2) is 52.0 Å². The van der Waals surface area contributed by atoms with Gasteiger partial charge in [-0.15, -0.1) is 0 Å². The smallest absolute Gasteiger partial charge is 0.263 e. The molecule has 2 aromatic heterocycles. The van der Waals surface area contributed by atoms with Gasteiger partial charge >= 0.3 is 0 Å². The Hall–Kier alpha value is -3.15. The minimum Gasteiger partial charge on any atom is -0.464 e. The van der Waals surface area contributed by atoms with Crippen LogP contribution in [0.1, 0.15) is 26.3 Å². The second-order valence-electron chi connectivity index (χ2n) is 5.07. The van der Waals surface area contributed by atoms with Crippen LogP contribution in [0.5, 0.6) is 0 Å². The highest BCUT2D eigenvalue weighted by molar-refractivity contribution is 5.95. The highest BCUT2D eigenvalue weighted by Gasteiger charge is 2.14. The summed E-state index contributed by atoms with van der Waals surface area (Å²) in [6.45, 7) is 0.237. The number of amides is 1. The second kappa shape index (κ2) is 5.92. The molecule has 0 fully saturated rings. The van der Waals surface area contributed by atoms with E-state index in [1.807, 2.05) is 24.3 Å². The first-order valence-corrected chi connectivity index (χ1v) is 7.01. The van der Waals surface area contributed by atoms with Crippen LogP contribution in [0.25, 0.3) is 11.0 Å². The van der Waals surface area contributed by atoms with Crippen molar-refractivity contribution >= 4 is 23.2 Å². The Kier molecular flexibility index (Phi) is 3.80. The van der Waals surface area contributed by atoms with E-state index in [2.05, 4.69) is 5.32 Å². The molecule has 3 aromatic rings. The fourth-order valence-electron chi connectivity index (χ4n) is 2.52. The number of fused-ring (bicyclic) bond motifs is 1. The summed E-state index contributed by atoms with van der Waals surface area (Å²) < 4.78 is 6.70. The number of carbonyl (C=O) groups is 2. The molecule has 0 saturated carbocycles. The molecule has 3 rings (SSSR count). The first-order chi connectivity index (χ1) is 11.1. The SMILES string of the molecule is CNC(=O)c1cc(C=O)cn(Cc2cccc3occc23)c1=O. The Morgan fingerprint density at radius 3 is 2.91 bits per heavy atom. The third kappa shape index (κ3) is 2.66. The molecule has 0 spiro atoms. The third-order valence-electron chi connectivity index (χ3n) is 3.64. The molecule has 0 aliphatic rings. The Morgan fingerprint density at radius 2 is 2.17 bits per heavy atom. The summed E-state index contributed by atoms with van der Waals surface area (Å²) in [5.41, 5.74) is 1.34. The maximum Gasteiger partial charge on any atom is 0.263 e. The molecule has 1 amide bonds. The van der Waals surface area contributed by atoms with Crippen molar-refractivity contribution in [3.63, 3.8) is 0 Å². The summed E-state index contributed by atoms with van der Waals surface area (Å²) in [7, 11) is 1.44. The summed E-state index contributed by atoms with van der Waals surface area (Å²) in [6, 6.07) is 8.65. The van der Waals surface area contributed by atoms with E-state index in [9.17, 15) is 14.4 Å². The van der Waals surface area contributed by atoms with Gasteiger partial charge in [0.25, 0.3) is 11.5 Å². The van der Waals surface area contributed by atoms with E-state index in [1.54, 1.807) is 6.26 Å². The largest absolute Gasteiger partial charge is 0.464 e. The molecule has 0 bridgehead atoms. The Labute approximate surface area is 131 Å². The summed E-state index contributed by atoms with van der Waals surface area (Å²) in [5, 5.41) is 3.29. The molecule has 23 heavy (non-hydrogen) atoms. The van der Waals surface area contributed by atoms with Crippen LogP contribution in [0.2, 0.25) is 0 Å². The van der Waals surface area contributed by atoms with E-state index < -0.39 is 11.5 Å². The van der Waals surface area contributed by atoms with Gasteiger partial charge in [-0.25, -0.2) is 0 Å². The molecule has 6 nitrogen and oxygen atoms in total. The third-order valence-corrected chi connectivity index (χ3v) is 3.64. The molecule has 1 aromatic carbocycles. The van der Waals surface area contributed by atoms with Crippen molar-refractivity contribution in [1.82, 2.24) is 9.88 Å². The fourth-order valence-corrected chi connectivity index (χ4v) is 2.52. The number of pyridine rings is 1. The van der Waals surface area contributed by atoms with Crippen LogP contribution in [-0.2, 0) is 6.54 Å². The van der Waals surface area contributed by atoms with Gasteiger partial charge in [-0.2, -0.15) is 0 Å². The number of furan rings is 1. The van der Waals surface area contributed by atoms with Crippen molar-refractivity contribution in [3.8, 4) is 0 Å². The van der Waals surface area contributed by atoms with E-state index >= 15 is 0 Å². The van der Waals surface area contributed by atoms with E-state index in [-0.39, 0.29) is 17.7 Å². The highest BCUT2D eigenvalue weighted by Crippen LogP contribution is 2.20. The monoisotopic (exact) mass is 310 g/mol. The summed E-state index contributed by atoms with van der Waals surface area (Å²) in [5.74, 6) is -0.519. The van der Waals surface area contributed by atoms with Crippen molar-refractivity contribution in [2.45, 2.75) is 6.54 Å². The van der Waals surface area contributed by atoms with Crippen molar-refractivity contribution < 1.29 is 14.0 Å². The molecular weight excluding hydrogens is 296 g/mol. The van der Waals surface area contributed by atoms with E-state index in [4.69, 9.17) is 4.42 Å². The van der Waals surface area contributed by atoms with Gasteiger partial charge in [-0.3, -0.25) is 14.4 Å². The van der Waals surface area contributed by atoms with E-state index in [1.165, 1.54) is 23.9 Å². The fraction of sp³-hybridized carbons (Fsp3) is 0.118. The zero-order chi connectivity index (χ0) is 16.4. The lowest BCUT2D eigenvalue weighted by molar-refractivity contribution is 0.0961. The summed E-state index contributed by atoms with van der Waals surface area (Å²) in [6.07, 6.45) is 3.64. The number of hydrogen-bond acceptors (Lipinski definition) is 4. The predicted octanol–water partition coefficient (Wildman–Crippen LogP) is 1.81. The average molecular weight is 310 g/mol. The van der Waals surface area contributed by atoms with Gasteiger partial charge in [0, 0.05) is 24.2 Å². The van der Waals surface area contributed by atoms with Gasteiger partial charge in [0.05, 0.1) is 12.8 Å². The number of benzene rings is 1. The number of nitrogens with zero attached hydrogens (tertiary/aromatic N) is 1. The zero-order valence-corrected chi connectivity index (χ0v) is 12.4. The molecule has 1 N–H and O–H groups in total. The minimum atomic E-state index is -0.519. The van der Waals surface area contributed by atoms with Gasteiger partial charge in [0.15, 0.2) is 6.29 Å². The minimum absolute atomic E-state index is 0.0588. The molecule has 6 heteroatoms. The number of nitrogens with one attached hydrogen (secondary N) is 1.